The topological polar surface area (TPSA) is 67.3 Å². The number of ether oxygens (including phenoxy) is 1. The Morgan fingerprint density at radius 2 is 2.00 bits per heavy atom. The lowest BCUT2D eigenvalue weighted by molar-refractivity contribution is 0.00464. The molecule has 2 fully saturated rings. The van der Waals surface area contributed by atoms with Crippen molar-refractivity contribution >= 4 is 6.09 Å². The number of piperidine rings is 1. The number of nitrogens with one attached hydrogen (secondary N) is 1. The molecule has 6 nitrogen and oxygen atoms in total. The summed E-state index contributed by atoms with van der Waals surface area (Å²) in [6, 6.07) is 1.01. The molecule has 1 N–H and O–H groups in total. The van der Waals surface area contributed by atoms with E-state index in [4.69, 9.17) is 4.74 Å². The van der Waals surface area contributed by atoms with Crippen LogP contribution in [0.3, 0.4) is 0 Å². The molecule has 3 rings (SSSR count). The lowest BCUT2D eigenvalue weighted by atomic mass is 9.97. The minimum Gasteiger partial charge on any atom is -0.444 e. The van der Waals surface area contributed by atoms with Crippen LogP contribution in [-0.4, -0.2) is 44.7 Å². The Bertz CT molecular complexity index is 529. The van der Waals surface area contributed by atoms with Gasteiger partial charge in [-0.2, -0.15) is 0 Å². The van der Waals surface area contributed by atoms with Crippen LogP contribution in [0.5, 0.6) is 0 Å². The Labute approximate surface area is 137 Å². The van der Waals surface area contributed by atoms with Crippen molar-refractivity contribution < 1.29 is 9.53 Å². The fraction of sp³-hybridized carbons (Fsp3) is 0.706. The van der Waals surface area contributed by atoms with Gasteiger partial charge in [0.25, 0.3) is 0 Å². The van der Waals surface area contributed by atoms with Crippen molar-refractivity contribution in [3.05, 3.63) is 24.3 Å². The first-order valence-corrected chi connectivity index (χ1v) is 8.42. The number of nitrogens with zero attached hydrogens (tertiary/aromatic N) is 3. The lowest BCUT2D eigenvalue weighted by Gasteiger charge is -2.39. The number of amides is 1. The fourth-order valence-corrected chi connectivity index (χ4v) is 3.63. The first-order valence-electron chi connectivity index (χ1n) is 8.42. The number of hydrogen-bond donors (Lipinski definition) is 1. The van der Waals surface area contributed by atoms with Gasteiger partial charge in [-0.15, -0.1) is 0 Å². The van der Waals surface area contributed by atoms with Crippen molar-refractivity contribution in [1.29, 1.82) is 0 Å². The molecule has 0 radical (unpaired) electrons. The molecule has 6 heteroatoms. The van der Waals surface area contributed by atoms with Gasteiger partial charge < -0.3 is 15.0 Å². The Kier molecular flexibility index (Phi) is 4.53. The maximum absolute atomic E-state index is 12.4. The zero-order valence-corrected chi connectivity index (χ0v) is 14.2. The maximum Gasteiger partial charge on any atom is 0.410 e. The summed E-state index contributed by atoms with van der Waals surface area (Å²) < 4.78 is 5.57. The Hall–Kier alpha value is -1.69. The van der Waals surface area contributed by atoms with Crippen LogP contribution in [-0.2, 0) is 11.3 Å². The molecule has 1 aromatic rings. The molecule has 126 valence electrons. The third-order valence-corrected chi connectivity index (χ3v) is 4.53. The van der Waals surface area contributed by atoms with E-state index in [1.54, 1.807) is 18.6 Å². The summed E-state index contributed by atoms with van der Waals surface area (Å²) in [4.78, 5) is 22.8. The summed E-state index contributed by atoms with van der Waals surface area (Å²) in [7, 11) is 0. The van der Waals surface area contributed by atoms with E-state index in [9.17, 15) is 4.79 Å². The van der Waals surface area contributed by atoms with Crippen molar-refractivity contribution in [2.75, 3.05) is 0 Å². The summed E-state index contributed by atoms with van der Waals surface area (Å²) in [6.07, 6.45) is 9.15. The predicted molar refractivity (Wildman–Crippen MR) is 86.8 cm³/mol. The first-order chi connectivity index (χ1) is 10.9. The van der Waals surface area contributed by atoms with Gasteiger partial charge >= 0.3 is 6.09 Å². The molecular formula is C17H26N4O2. The molecule has 2 saturated heterocycles. The number of rotatable bonds is 3. The molecular weight excluding hydrogens is 292 g/mol. The maximum atomic E-state index is 12.4. The third kappa shape index (κ3) is 3.99. The van der Waals surface area contributed by atoms with Crippen LogP contribution in [0.2, 0.25) is 0 Å². The second-order valence-electron chi connectivity index (χ2n) is 7.52. The molecule has 2 unspecified atom stereocenters. The molecule has 2 atom stereocenters. The van der Waals surface area contributed by atoms with E-state index < -0.39 is 5.60 Å². The number of carbonyl (C=O) groups excluding carboxylic acids is 1. The molecule has 2 aliphatic heterocycles. The zero-order valence-electron chi connectivity index (χ0n) is 14.2. The molecule has 2 aliphatic rings. The highest BCUT2D eigenvalue weighted by Crippen LogP contribution is 2.36. The molecule has 0 aromatic carbocycles. The zero-order chi connectivity index (χ0) is 16.4. The smallest absolute Gasteiger partial charge is 0.410 e. The van der Waals surface area contributed by atoms with Gasteiger partial charge in [-0.1, -0.05) is 0 Å². The second kappa shape index (κ2) is 6.43. The molecule has 0 aliphatic carbocycles. The van der Waals surface area contributed by atoms with Gasteiger partial charge in [-0.05, 0) is 46.5 Å². The summed E-state index contributed by atoms with van der Waals surface area (Å²) in [6.45, 7) is 6.48. The van der Waals surface area contributed by atoms with Crippen LogP contribution < -0.4 is 5.32 Å². The van der Waals surface area contributed by atoms with E-state index in [1.807, 2.05) is 25.7 Å². The van der Waals surface area contributed by atoms with Gasteiger partial charge in [0, 0.05) is 43.3 Å². The van der Waals surface area contributed by atoms with E-state index in [-0.39, 0.29) is 6.09 Å². The van der Waals surface area contributed by atoms with Gasteiger partial charge in [0.15, 0.2) is 0 Å². The van der Waals surface area contributed by atoms with E-state index in [0.717, 1.165) is 37.9 Å². The quantitative estimate of drug-likeness (QED) is 0.927. The Morgan fingerprint density at radius 3 is 2.57 bits per heavy atom. The molecule has 2 bridgehead atoms. The van der Waals surface area contributed by atoms with Crippen molar-refractivity contribution in [3.8, 4) is 0 Å². The molecule has 0 saturated carbocycles. The minimum absolute atomic E-state index is 0.155. The van der Waals surface area contributed by atoms with Gasteiger partial charge in [0.05, 0.1) is 5.69 Å². The van der Waals surface area contributed by atoms with E-state index >= 15 is 0 Å². The molecule has 3 heterocycles. The molecule has 0 spiro atoms. The molecule has 23 heavy (non-hydrogen) atoms. The van der Waals surface area contributed by atoms with E-state index in [0.29, 0.717) is 18.1 Å². The van der Waals surface area contributed by atoms with Gasteiger partial charge in [-0.3, -0.25) is 9.97 Å². The molecule has 1 aromatic heterocycles. The minimum atomic E-state index is -0.433. The van der Waals surface area contributed by atoms with E-state index in [2.05, 4.69) is 15.3 Å². The van der Waals surface area contributed by atoms with E-state index in [1.165, 1.54) is 0 Å². The number of carbonyl (C=O) groups is 1. The largest absolute Gasteiger partial charge is 0.444 e. The Balaban J connectivity index is 1.55. The third-order valence-electron chi connectivity index (χ3n) is 4.53. The highest BCUT2D eigenvalue weighted by molar-refractivity contribution is 5.69. The molecule has 1 amide bonds. The van der Waals surface area contributed by atoms with Gasteiger partial charge in [0.2, 0.25) is 0 Å². The van der Waals surface area contributed by atoms with Crippen molar-refractivity contribution in [2.24, 2.45) is 0 Å². The SMILES string of the molecule is CC(C)(C)OC(=O)N1C2CCC1CC(NCc1cnccn1)C2. The van der Waals surface area contributed by atoms with Crippen LogP contribution in [0.25, 0.3) is 0 Å². The van der Waals surface area contributed by atoms with Crippen LogP contribution >= 0.6 is 0 Å². The first kappa shape index (κ1) is 16.2. The summed E-state index contributed by atoms with van der Waals surface area (Å²) in [5.74, 6) is 0. The Morgan fingerprint density at radius 1 is 1.30 bits per heavy atom. The fourth-order valence-electron chi connectivity index (χ4n) is 3.63. The predicted octanol–water partition coefficient (Wildman–Crippen LogP) is 2.50. The van der Waals surface area contributed by atoms with Crippen molar-refractivity contribution in [1.82, 2.24) is 20.2 Å². The normalized spacial score (nSPS) is 27.1. The second-order valence-corrected chi connectivity index (χ2v) is 7.52. The highest BCUT2D eigenvalue weighted by atomic mass is 16.6. The van der Waals surface area contributed by atoms with Crippen LogP contribution in [0.1, 0.15) is 52.1 Å². The summed E-state index contributed by atoms with van der Waals surface area (Å²) in [5.41, 5.74) is 0.520. The average molecular weight is 318 g/mol. The summed E-state index contributed by atoms with van der Waals surface area (Å²) >= 11 is 0. The van der Waals surface area contributed by atoms with Crippen LogP contribution in [0.4, 0.5) is 4.79 Å². The number of aromatic nitrogens is 2. The van der Waals surface area contributed by atoms with Crippen molar-refractivity contribution in [3.63, 3.8) is 0 Å². The van der Waals surface area contributed by atoms with Gasteiger partial charge in [-0.25, -0.2) is 4.79 Å². The number of hydrogen-bond acceptors (Lipinski definition) is 5. The van der Waals surface area contributed by atoms with Crippen LogP contribution in [0.15, 0.2) is 18.6 Å². The standard InChI is InChI=1S/C17H26N4O2/c1-17(2,3)23-16(22)21-14-4-5-15(21)9-12(8-14)20-11-13-10-18-6-7-19-13/h6-7,10,12,14-15,20H,4-5,8-9,11H2,1-3H3. The highest BCUT2D eigenvalue weighted by Gasteiger charge is 2.44. The monoisotopic (exact) mass is 318 g/mol. The summed E-state index contributed by atoms with van der Waals surface area (Å²) in [5, 5.41) is 3.57. The van der Waals surface area contributed by atoms with Crippen molar-refractivity contribution in [2.45, 2.75) is 76.7 Å². The number of fused-ring (bicyclic) bond motifs is 2. The van der Waals surface area contributed by atoms with Crippen LogP contribution in [0, 0.1) is 0 Å². The van der Waals surface area contributed by atoms with Gasteiger partial charge in [0.1, 0.15) is 5.60 Å². The lowest BCUT2D eigenvalue weighted by Crippen LogP contribution is -2.52. The average Bonchev–Trinajstić information content (AvgIpc) is 2.76.